The van der Waals surface area contributed by atoms with Crippen molar-refractivity contribution in [3.63, 3.8) is 0 Å². The van der Waals surface area contributed by atoms with Crippen molar-refractivity contribution < 1.29 is 6.22 Å². The summed E-state index contributed by atoms with van der Waals surface area (Å²) in [5.41, 5.74) is 7.77. The van der Waals surface area contributed by atoms with Crippen LogP contribution in [-0.4, -0.2) is 32.5 Å². The van der Waals surface area contributed by atoms with Gasteiger partial charge < -0.3 is 9.88 Å². The fourth-order valence-electron chi connectivity index (χ4n) is 6.64. The smallest absolute Gasteiger partial charge is 0.251 e. The minimum Gasteiger partial charge on any atom is -0.355 e. The molecule has 3 aliphatic rings. The zero-order valence-corrected chi connectivity index (χ0v) is 23.6. The van der Waals surface area contributed by atoms with E-state index >= 15 is 0 Å². The molecule has 7 rings (SSSR count). The quantitative estimate of drug-likeness (QED) is 0.286. The summed E-state index contributed by atoms with van der Waals surface area (Å²) in [5, 5.41) is 2.87. The number of rotatable bonds is 6. The monoisotopic (exact) mass is 523 g/mol. The summed E-state index contributed by atoms with van der Waals surface area (Å²) >= 11 is 0. The fraction of sp³-hybridized carbons (Fsp3) is 0.455. The lowest BCUT2D eigenvalue weighted by Crippen LogP contribution is -2.35. The molecule has 2 saturated carbocycles. The van der Waals surface area contributed by atoms with Crippen molar-refractivity contribution in [3.8, 4) is 11.1 Å². The number of benzene rings is 2. The molecule has 0 radical (unpaired) electrons. The van der Waals surface area contributed by atoms with E-state index < -0.39 is 0 Å². The van der Waals surface area contributed by atoms with Crippen LogP contribution in [0.3, 0.4) is 0 Å². The fourth-order valence-corrected chi connectivity index (χ4v) is 6.64. The zero-order chi connectivity index (χ0) is 27.1. The van der Waals surface area contributed by atoms with Gasteiger partial charge in [-0.05, 0) is 79.3 Å². The van der Waals surface area contributed by atoms with Crippen LogP contribution in [-0.2, 0) is 11.8 Å². The van der Waals surface area contributed by atoms with Gasteiger partial charge in [0.15, 0.2) is 0 Å². The first-order valence-corrected chi connectivity index (χ1v) is 14.8. The van der Waals surface area contributed by atoms with Gasteiger partial charge in [-0.1, -0.05) is 45.4 Å². The van der Waals surface area contributed by atoms with Crippen LogP contribution in [0, 0.1) is 0 Å². The molecule has 0 saturated heterocycles. The summed E-state index contributed by atoms with van der Waals surface area (Å²) < 4.78 is 2.39. The largest absolute Gasteiger partial charge is 0.355 e. The van der Waals surface area contributed by atoms with E-state index in [1.165, 1.54) is 43.2 Å². The summed E-state index contributed by atoms with van der Waals surface area (Å²) in [4.78, 5) is 27.6. The molecule has 0 spiro atoms. The molecule has 2 aromatic carbocycles. The summed E-state index contributed by atoms with van der Waals surface area (Å²) in [6, 6.07) is 12.8. The van der Waals surface area contributed by atoms with E-state index in [1.54, 1.807) is 7.05 Å². The highest BCUT2D eigenvalue weighted by atomic mass is 16.1. The van der Waals surface area contributed by atoms with Crippen molar-refractivity contribution in [3.05, 3.63) is 77.1 Å². The molecule has 39 heavy (non-hydrogen) atoms. The van der Waals surface area contributed by atoms with Crippen LogP contribution in [0.25, 0.3) is 22.2 Å². The van der Waals surface area contributed by atoms with Crippen LogP contribution in [0.15, 0.2) is 48.8 Å². The predicted octanol–water partition coefficient (Wildman–Crippen LogP) is 7.37. The van der Waals surface area contributed by atoms with Crippen LogP contribution < -0.4 is 5.32 Å². The lowest BCUT2D eigenvalue weighted by molar-refractivity contribution is 0.0961. The normalized spacial score (nSPS) is 19.1. The predicted molar refractivity (Wildman–Crippen MR) is 158 cm³/mol. The van der Waals surface area contributed by atoms with Gasteiger partial charge in [-0.2, -0.15) is 0 Å². The van der Waals surface area contributed by atoms with Gasteiger partial charge in [0.05, 0.1) is 17.1 Å². The van der Waals surface area contributed by atoms with Crippen molar-refractivity contribution in [1.29, 1.82) is 0 Å². The second-order valence-electron chi connectivity index (χ2n) is 11.1. The highest BCUT2D eigenvalue weighted by Crippen LogP contribution is 2.48. The molecule has 0 unspecified atom stereocenters. The molecular formula is C33H41N5O. The first-order chi connectivity index (χ1) is 19.1. The molecule has 6 heteroatoms. The molecule has 3 heterocycles. The number of hydrogen-bond acceptors (Lipinski definition) is 4. The van der Waals surface area contributed by atoms with Crippen LogP contribution in [0.4, 0.5) is 0 Å². The Morgan fingerprint density at radius 1 is 1.08 bits per heavy atom. The number of aromatic nitrogens is 4. The van der Waals surface area contributed by atoms with Crippen molar-refractivity contribution in [2.24, 2.45) is 0 Å². The first kappa shape index (κ1) is 25.7. The SMILES string of the molecule is CC.CCC1(c2ncc(-c3ccc4nc5n(c4c3)[C@@H](c3c(C(=O)NC)cccc3C3CC3)CC5)cn2)CCC1.[HH]. The summed E-state index contributed by atoms with van der Waals surface area (Å²) in [6.07, 6.45) is 13.0. The molecule has 2 aliphatic carbocycles. The third kappa shape index (κ3) is 4.25. The van der Waals surface area contributed by atoms with Crippen molar-refractivity contribution in [2.45, 2.75) is 89.5 Å². The molecule has 1 amide bonds. The maximum absolute atomic E-state index is 12.9. The molecule has 1 N–H and O–H groups in total. The molecule has 204 valence electrons. The van der Waals surface area contributed by atoms with Gasteiger partial charge in [0.1, 0.15) is 11.6 Å². The van der Waals surface area contributed by atoms with Crippen molar-refractivity contribution >= 4 is 16.9 Å². The van der Waals surface area contributed by atoms with E-state index in [4.69, 9.17) is 15.0 Å². The maximum Gasteiger partial charge on any atom is 0.251 e. The summed E-state index contributed by atoms with van der Waals surface area (Å²) in [6.45, 7) is 6.25. The molecule has 2 aromatic heterocycles. The van der Waals surface area contributed by atoms with E-state index in [2.05, 4.69) is 41.1 Å². The van der Waals surface area contributed by atoms with Gasteiger partial charge in [0, 0.05) is 43.8 Å². The summed E-state index contributed by atoms with van der Waals surface area (Å²) in [7, 11) is 1.72. The number of carbonyl (C=O) groups excluding carboxylic acids is 1. The Morgan fingerprint density at radius 2 is 1.85 bits per heavy atom. The zero-order valence-electron chi connectivity index (χ0n) is 23.6. The first-order valence-electron chi connectivity index (χ1n) is 14.8. The van der Waals surface area contributed by atoms with Gasteiger partial charge in [-0.15, -0.1) is 0 Å². The number of carbonyl (C=O) groups is 1. The number of nitrogens with one attached hydrogen (secondary N) is 1. The summed E-state index contributed by atoms with van der Waals surface area (Å²) in [5.74, 6) is 2.65. The Morgan fingerprint density at radius 3 is 2.49 bits per heavy atom. The number of nitrogens with zero attached hydrogens (tertiary/aromatic N) is 4. The molecule has 4 aromatic rings. The van der Waals surface area contributed by atoms with E-state index in [0.717, 1.165) is 58.6 Å². The van der Waals surface area contributed by atoms with Crippen LogP contribution in [0.5, 0.6) is 0 Å². The van der Waals surface area contributed by atoms with Gasteiger partial charge in [-0.25, -0.2) is 15.0 Å². The van der Waals surface area contributed by atoms with E-state index in [0.29, 0.717) is 5.92 Å². The Hall–Kier alpha value is -3.54. The number of amides is 1. The van der Waals surface area contributed by atoms with Gasteiger partial charge in [0.25, 0.3) is 5.91 Å². The number of fused-ring (bicyclic) bond motifs is 3. The van der Waals surface area contributed by atoms with Crippen LogP contribution in [0.1, 0.15) is 112 Å². The minimum atomic E-state index is -0.00962. The molecule has 6 nitrogen and oxygen atoms in total. The molecule has 2 fully saturated rings. The Balaban J connectivity index is 0.00000105. The van der Waals surface area contributed by atoms with Crippen LogP contribution >= 0.6 is 0 Å². The van der Waals surface area contributed by atoms with Crippen LogP contribution in [0.2, 0.25) is 0 Å². The standard InChI is InChI=1S/C31H33N5O.C2H6.H2/c1-3-31(14-5-15-31)30-33-17-21(18-34-30)20-10-11-24-26(16-20)36-25(12-13-27(36)35-24)28-22(19-8-9-19)6-4-7-23(28)29(37)32-2;1-2;/h4,6-7,10-11,16-19,25H,3,5,8-9,12-15H2,1-2H3,(H,32,37);1-2H3;1H/t25-;;/m1../s1. The van der Waals surface area contributed by atoms with Gasteiger partial charge in [0.2, 0.25) is 0 Å². The number of imidazole rings is 1. The number of aryl methyl sites for hydroxylation is 1. The Labute approximate surface area is 232 Å². The van der Waals surface area contributed by atoms with Crippen molar-refractivity contribution in [2.75, 3.05) is 7.05 Å². The third-order valence-electron chi connectivity index (χ3n) is 9.12. The second kappa shape index (κ2) is 10.2. The topological polar surface area (TPSA) is 72.7 Å². The number of hydrogen-bond donors (Lipinski definition) is 1. The van der Waals surface area contributed by atoms with Gasteiger partial charge >= 0.3 is 0 Å². The highest BCUT2D eigenvalue weighted by molar-refractivity contribution is 5.96. The maximum atomic E-state index is 12.9. The average molecular weight is 524 g/mol. The van der Waals surface area contributed by atoms with E-state index in [1.807, 2.05) is 38.4 Å². The molecular weight excluding hydrogens is 482 g/mol. The average Bonchev–Trinajstić information content (AvgIpc) is 3.64. The lowest BCUT2D eigenvalue weighted by Gasteiger charge is -2.39. The van der Waals surface area contributed by atoms with Gasteiger partial charge in [-0.3, -0.25) is 4.79 Å². The van der Waals surface area contributed by atoms with E-state index in [9.17, 15) is 4.79 Å². The van der Waals surface area contributed by atoms with E-state index in [-0.39, 0.29) is 18.8 Å². The lowest BCUT2D eigenvalue weighted by atomic mass is 9.66. The third-order valence-corrected chi connectivity index (χ3v) is 9.12. The highest BCUT2D eigenvalue weighted by Gasteiger charge is 2.39. The minimum absolute atomic E-state index is 0. The Bertz CT molecular complexity index is 1510. The molecule has 1 aliphatic heterocycles. The Kier molecular flexibility index (Phi) is 6.74. The molecule has 0 bridgehead atoms. The van der Waals surface area contributed by atoms with Crippen molar-refractivity contribution in [1.82, 2.24) is 24.8 Å². The second-order valence-corrected chi connectivity index (χ2v) is 11.1. The molecule has 1 atom stereocenters.